The van der Waals surface area contributed by atoms with Crippen LogP contribution in [0.3, 0.4) is 0 Å². The van der Waals surface area contributed by atoms with Crippen molar-refractivity contribution in [1.29, 1.82) is 0 Å². The molecule has 0 radical (unpaired) electrons. The van der Waals surface area contributed by atoms with E-state index in [1.807, 2.05) is 42.6 Å². The summed E-state index contributed by atoms with van der Waals surface area (Å²) in [6.45, 7) is 0. The Morgan fingerprint density at radius 1 is 0.861 bits per heavy atom. The molecule has 0 aliphatic rings. The van der Waals surface area contributed by atoms with Gasteiger partial charge in [-0.3, -0.25) is 9.71 Å². The highest BCUT2D eigenvalue weighted by molar-refractivity contribution is 7.86. The Balaban J connectivity index is 1.36. The minimum Gasteiger partial charge on any atom is -0.496 e. The number of nitrogens with zero attached hydrogens (tertiary/aromatic N) is 3. The molecule has 0 saturated heterocycles. The summed E-state index contributed by atoms with van der Waals surface area (Å²) in [5.74, 6) is 1.24. The van der Waals surface area contributed by atoms with Crippen molar-refractivity contribution in [3.8, 4) is 28.1 Å². The second-order valence-electron chi connectivity index (χ2n) is 8.20. The molecule has 6 rings (SSSR count). The van der Waals surface area contributed by atoms with E-state index in [1.54, 1.807) is 25.6 Å². The molecule has 176 valence electrons. The summed E-state index contributed by atoms with van der Waals surface area (Å²) in [5, 5.41) is 3.04. The third kappa shape index (κ3) is 4.08. The zero-order valence-electron chi connectivity index (χ0n) is 19.3. The molecule has 6 aromatic rings. The largest absolute Gasteiger partial charge is 0.496 e. The molecule has 1 unspecified atom stereocenters. The van der Waals surface area contributed by atoms with Gasteiger partial charge in [-0.25, -0.2) is 14.2 Å². The number of aromatic nitrogens is 4. The summed E-state index contributed by atoms with van der Waals surface area (Å²) in [4.78, 5) is 16.5. The van der Waals surface area contributed by atoms with Crippen molar-refractivity contribution in [3.05, 3.63) is 97.7 Å². The van der Waals surface area contributed by atoms with Crippen LogP contribution in [0.25, 0.3) is 44.1 Å². The number of ether oxygens (including phenoxy) is 1. The maximum atomic E-state index is 12.9. The van der Waals surface area contributed by atoms with E-state index >= 15 is 0 Å². The van der Waals surface area contributed by atoms with Crippen LogP contribution in [0.1, 0.15) is 0 Å². The molecule has 0 fully saturated rings. The van der Waals surface area contributed by atoms with Crippen LogP contribution in [0.15, 0.2) is 103 Å². The van der Waals surface area contributed by atoms with Gasteiger partial charge in [0.15, 0.2) is 11.0 Å². The van der Waals surface area contributed by atoms with E-state index in [2.05, 4.69) is 55.0 Å². The highest BCUT2D eigenvalue weighted by Crippen LogP contribution is 2.37. The lowest BCUT2D eigenvalue weighted by Crippen LogP contribution is -2.06. The van der Waals surface area contributed by atoms with Crippen molar-refractivity contribution in [3.63, 3.8) is 0 Å². The fraction of sp³-hybridized carbons (Fsp3) is 0.0357. The molecule has 1 atom stereocenters. The molecule has 3 aromatic carbocycles. The molecular formula is C28H21N5O2S. The fourth-order valence-corrected chi connectivity index (χ4v) is 5.14. The molecule has 3 heterocycles. The number of hydrogen-bond donors (Lipinski definition) is 2. The minimum absolute atomic E-state index is 0.499. The standard InChI is InChI=1S/C28H21N5O2S/c1-35-26-16-19(18-3-7-25-21(14-18)9-12-30-25)2-5-24(26)28-23-6-4-22(15-20(23)8-13-31-28)36(34)33-27-10-11-29-17-32-27/h2-17,30H,1H3,(H,29,32,33). The first-order valence-corrected chi connectivity index (χ1v) is 12.4. The second kappa shape index (κ2) is 9.24. The van der Waals surface area contributed by atoms with Gasteiger partial charge in [0.1, 0.15) is 17.9 Å². The Morgan fingerprint density at radius 2 is 1.75 bits per heavy atom. The lowest BCUT2D eigenvalue weighted by Gasteiger charge is -2.13. The van der Waals surface area contributed by atoms with Crippen LogP contribution >= 0.6 is 0 Å². The summed E-state index contributed by atoms with van der Waals surface area (Å²) in [6, 6.07) is 23.8. The van der Waals surface area contributed by atoms with Crippen LogP contribution in [0.5, 0.6) is 5.75 Å². The molecule has 0 bridgehead atoms. The minimum atomic E-state index is -1.47. The number of H-pyrrole nitrogens is 1. The number of hydrogen-bond acceptors (Lipinski definition) is 5. The van der Waals surface area contributed by atoms with E-state index in [9.17, 15) is 4.21 Å². The zero-order valence-corrected chi connectivity index (χ0v) is 20.1. The number of methoxy groups -OCH3 is 1. The van der Waals surface area contributed by atoms with E-state index in [0.29, 0.717) is 10.7 Å². The van der Waals surface area contributed by atoms with Crippen molar-refractivity contribution in [2.45, 2.75) is 4.90 Å². The van der Waals surface area contributed by atoms with Gasteiger partial charge in [-0.2, -0.15) is 0 Å². The van der Waals surface area contributed by atoms with E-state index in [1.165, 1.54) is 6.33 Å². The Morgan fingerprint density at radius 3 is 2.61 bits per heavy atom. The Labute approximate surface area is 209 Å². The van der Waals surface area contributed by atoms with Crippen molar-refractivity contribution in [2.75, 3.05) is 11.8 Å². The topological polar surface area (TPSA) is 92.8 Å². The van der Waals surface area contributed by atoms with E-state index in [-0.39, 0.29) is 0 Å². The summed E-state index contributed by atoms with van der Waals surface area (Å²) in [5.41, 5.74) is 4.98. The maximum Gasteiger partial charge on any atom is 0.151 e. The molecule has 0 spiro atoms. The lowest BCUT2D eigenvalue weighted by atomic mass is 9.98. The van der Waals surface area contributed by atoms with E-state index in [0.717, 1.165) is 49.8 Å². The smallest absolute Gasteiger partial charge is 0.151 e. The number of anilines is 1. The average molecular weight is 492 g/mol. The molecular weight excluding hydrogens is 470 g/mol. The third-order valence-corrected chi connectivity index (χ3v) is 7.15. The number of aromatic amines is 1. The van der Waals surface area contributed by atoms with Gasteiger partial charge in [-0.1, -0.05) is 18.2 Å². The number of nitrogens with one attached hydrogen (secondary N) is 2. The summed E-state index contributed by atoms with van der Waals surface area (Å²) in [6.07, 6.45) is 6.71. The summed E-state index contributed by atoms with van der Waals surface area (Å²) in [7, 11) is 0.203. The summed E-state index contributed by atoms with van der Waals surface area (Å²) >= 11 is 0. The summed E-state index contributed by atoms with van der Waals surface area (Å²) < 4.78 is 21.5. The molecule has 0 aliphatic heterocycles. The van der Waals surface area contributed by atoms with Crippen molar-refractivity contribution in [1.82, 2.24) is 19.9 Å². The van der Waals surface area contributed by atoms with Gasteiger partial charge in [-0.05, 0) is 76.5 Å². The maximum absolute atomic E-state index is 12.9. The zero-order chi connectivity index (χ0) is 24.5. The monoisotopic (exact) mass is 491 g/mol. The van der Waals surface area contributed by atoms with Gasteiger partial charge in [0.2, 0.25) is 0 Å². The highest BCUT2D eigenvalue weighted by Gasteiger charge is 2.14. The fourth-order valence-electron chi connectivity index (χ4n) is 4.29. The van der Waals surface area contributed by atoms with Gasteiger partial charge in [0, 0.05) is 35.1 Å². The molecule has 2 N–H and O–H groups in total. The van der Waals surface area contributed by atoms with Gasteiger partial charge in [-0.15, -0.1) is 0 Å². The quantitative estimate of drug-likeness (QED) is 0.299. The van der Waals surface area contributed by atoms with Gasteiger partial charge >= 0.3 is 0 Å². The molecule has 0 aliphatic carbocycles. The van der Waals surface area contributed by atoms with Gasteiger partial charge in [0.25, 0.3) is 0 Å². The van der Waals surface area contributed by atoms with Crippen LogP contribution in [0.2, 0.25) is 0 Å². The number of fused-ring (bicyclic) bond motifs is 2. The van der Waals surface area contributed by atoms with Crippen molar-refractivity contribution < 1.29 is 8.95 Å². The number of pyridine rings is 1. The van der Waals surface area contributed by atoms with Gasteiger partial charge in [0.05, 0.1) is 17.7 Å². The van der Waals surface area contributed by atoms with Crippen LogP contribution < -0.4 is 9.46 Å². The van der Waals surface area contributed by atoms with E-state index in [4.69, 9.17) is 4.74 Å². The average Bonchev–Trinajstić information content (AvgIpc) is 3.41. The van der Waals surface area contributed by atoms with Crippen LogP contribution in [-0.2, 0) is 11.0 Å². The van der Waals surface area contributed by atoms with Crippen molar-refractivity contribution in [2.24, 2.45) is 0 Å². The third-order valence-electron chi connectivity index (χ3n) is 6.07. The SMILES string of the molecule is COc1cc(-c2ccc3[nH]ccc3c2)ccc1-c1nccc2cc(S(=O)Nc3ccncn3)ccc12. The first-order valence-electron chi connectivity index (χ1n) is 11.3. The van der Waals surface area contributed by atoms with Gasteiger partial charge < -0.3 is 9.72 Å². The van der Waals surface area contributed by atoms with Crippen LogP contribution in [-0.4, -0.2) is 31.3 Å². The highest BCUT2D eigenvalue weighted by atomic mass is 32.2. The number of rotatable bonds is 6. The van der Waals surface area contributed by atoms with E-state index < -0.39 is 11.0 Å². The first-order chi connectivity index (χ1) is 17.7. The molecule has 0 amide bonds. The Kier molecular flexibility index (Phi) is 5.63. The number of benzene rings is 3. The molecule has 8 heteroatoms. The molecule has 36 heavy (non-hydrogen) atoms. The van der Waals surface area contributed by atoms with Crippen molar-refractivity contribution >= 4 is 38.5 Å². The predicted molar refractivity (Wildman–Crippen MR) is 143 cm³/mol. The second-order valence-corrected chi connectivity index (χ2v) is 9.42. The molecule has 7 nitrogen and oxygen atoms in total. The van der Waals surface area contributed by atoms with Crippen LogP contribution in [0.4, 0.5) is 5.82 Å². The Bertz CT molecular complexity index is 1730. The molecule has 0 saturated carbocycles. The van der Waals surface area contributed by atoms with Crippen LogP contribution in [0, 0.1) is 0 Å². The lowest BCUT2D eigenvalue weighted by molar-refractivity contribution is 0.416. The normalized spacial score (nSPS) is 12.0. The predicted octanol–water partition coefficient (Wildman–Crippen LogP) is 5.98. The Hall–Kier alpha value is -4.56. The first kappa shape index (κ1) is 21.9. The molecule has 3 aromatic heterocycles.